The van der Waals surface area contributed by atoms with Gasteiger partial charge in [0.25, 0.3) is 5.91 Å². The second-order valence-corrected chi connectivity index (χ2v) is 7.95. The SMILES string of the molecule is O=C(c1ccccn1)N1C[C@@H]2CC[C@H](C1)N(C(=O)Cn1cc3ccccc3n1)C2. The van der Waals surface area contributed by atoms with Crippen molar-refractivity contribution in [3.05, 3.63) is 60.6 Å². The van der Waals surface area contributed by atoms with Crippen molar-refractivity contribution in [1.29, 1.82) is 0 Å². The minimum Gasteiger partial charge on any atom is -0.336 e. The molecule has 0 saturated carbocycles. The van der Waals surface area contributed by atoms with Gasteiger partial charge in [0.15, 0.2) is 0 Å². The van der Waals surface area contributed by atoms with Crippen LogP contribution in [0.5, 0.6) is 0 Å². The van der Waals surface area contributed by atoms with E-state index in [0.717, 1.165) is 23.7 Å². The van der Waals surface area contributed by atoms with E-state index in [4.69, 9.17) is 0 Å². The van der Waals surface area contributed by atoms with Gasteiger partial charge in [-0.05, 0) is 37.0 Å². The van der Waals surface area contributed by atoms with Crippen LogP contribution in [0.25, 0.3) is 10.9 Å². The lowest BCUT2D eigenvalue weighted by Gasteiger charge is -2.36. The Kier molecular flexibility index (Phi) is 4.50. The largest absolute Gasteiger partial charge is 0.336 e. The summed E-state index contributed by atoms with van der Waals surface area (Å²) in [4.78, 5) is 34.0. The van der Waals surface area contributed by atoms with Crippen LogP contribution in [-0.4, -0.2) is 62.1 Å². The monoisotopic (exact) mass is 389 g/mol. The zero-order chi connectivity index (χ0) is 19.8. The maximum Gasteiger partial charge on any atom is 0.272 e. The number of fused-ring (bicyclic) bond motifs is 5. The molecule has 3 aromatic rings. The highest BCUT2D eigenvalue weighted by molar-refractivity contribution is 5.92. The molecule has 0 spiro atoms. The second-order valence-electron chi connectivity index (χ2n) is 7.95. The summed E-state index contributed by atoms with van der Waals surface area (Å²) in [6.07, 6.45) is 5.54. The van der Waals surface area contributed by atoms with E-state index in [1.54, 1.807) is 16.9 Å². The Morgan fingerprint density at radius 3 is 2.69 bits per heavy atom. The van der Waals surface area contributed by atoms with Crippen LogP contribution >= 0.6 is 0 Å². The highest BCUT2D eigenvalue weighted by Gasteiger charge is 2.38. The molecule has 7 heteroatoms. The van der Waals surface area contributed by atoms with Gasteiger partial charge in [-0.15, -0.1) is 0 Å². The lowest BCUT2D eigenvalue weighted by atomic mass is 9.95. The summed E-state index contributed by atoms with van der Waals surface area (Å²) < 4.78 is 1.72. The summed E-state index contributed by atoms with van der Waals surface area (Å²) in [5.74, 6) is 0.330. The summed E-state index contributed by atoms with van der Waals surface area (Å²) in [7, 11) is 0. The molecule has 29 heavy (non-hydrogen) atoms. The lowest BCUT2D eigenvalue weighted by Crippen LogP contribution is -2.48. The van der Waals surface area contributed by atoms with E-state index in [-0.39, 0.29) is 24.4 Å². The third kappa shape index (κ3) is 3.48. The molecule has 0 N–H and O–H groups in total. The van der Waals surface area contributed by atoms with Gasteiger partial charge >= 0.3 is 0 Å². The average Bonchev–Trinajstić information content (AvgIpc) is 2.93. The van der Waals surface area contributed by atoms with E-state index in [0.29, 0.717) is 31.2 Å². The van der Waals surface area contributed by atoms with Gasteiger partial charge in [0, 0.05) is 43.5 Å². The zero-order valence-electron chi connectivity index (χ0n) is 16.1. The number of amides is 2. The quantitative estimate of drug-likeness (QED) is 0.689. The van der Waals surface area contributed by atoms with Crippen LogP contribution < -0.4 is 0 Å². The van der Waals surface area contributed by atoms with Gasteiger partial charge in [0.05, 0.1) is 5.52 Å². The number of pyridine rings is 1. The molecule has 5 heterocycles. The number of hydrogen-bond acceptors (Lipinski definition) is 4. The number of benzene rings is 1. The van der Waals surface area contributed by atoms with Crippen LogP contribution in [0, 0.1) is 5.92 Å². The third-order valence-electron chi connectivity index (χ3n) is 5.96. The molecule has 2 amide bonds. The Morgan fingerprint density at radius 2 is 1.86 bits per heavy atom. The standard InChI is InChI=1S/C22H23N5O2/c28-21(15-26-13-17-5-1-2-6-19(17)24-26)27-12-16-8-9-18(27)14-25(11-16)22(29)20-7-3-4-10-23-20/h1-7,10,13,16,18H,8-9,11-12,14-15H2/t16-,18+/m0/s1. The van der Waals surface area contributed by atoms with Crippen molar-refractivity contribution >= 4 is 22.7 Å². The van der Waals surface area contributed by atoms with Gasteiger partial charge in [-0.25, -0.2) is 0 Å². The van der Waals surface area contributed by atoms with Crippen molar-refractivity contribution in [2.24, 2.45) is 5.92 Å². The number of piperidine rings is 1. The van der Waals surface area contributed by atoms with E-state index >= 15 is 0 Å². The van der Waals surface area contributed by atoms with Crippen molar-refractivity contribution in [1.82, 2.24) is 24.6 Å². The second kappa shape index (κ2) is 7.31. The number of carbonyl (C=O) groups excluding carboxylic acids is 2. The predicted octanol–water partition coefficient (Wildman–Crippen LogP) is 2.19. The van der Waals surface area contributed by atoms with Crippen molar-refractivity contribution in [2.45, 2.75) is 25.4 Å². The Labute approximate surface area is 168 Å². The molecule has 3 aliphatic heterocycles. The fraction of sp³-hybridized carbons (Fsp3) is 0.364. The Bertz CT molecular complexity index is 1010. The van der Waals surface area contributed by atoms with Crippen molar-refractivity contribution in [3.63, 3.8) is 0 Å². The molecule has 3 saturated heterocycles. The number of rotatable bonds is 3. The average molecular weight is 389 g/mol. The molecular formula is C22H23N5O2. The Hall–Kier alpha value is -3.22. The van der Waals surface area contributed by atoms with E-state index in [1.807, 2.05) is 52.4 Å². The summed E-state index contributed by atoms with van der Waals surface area (Å²) >= 11 is 0. The maximum atomic E-state index is 13.1. The molecule has 1 aromatic carbocycles. The fourth-order valence-corrected chi connectivity index (χ4v) is 4.53. The molecule has 2 bridgehead atoms. The summed E-state index contributed by atoms with van der Waals surface area (Å²) in [6, 6.07) is 13.3. The summed E-state index contributed by atoms with van der Waals surface area (Å²) in [5.41, 5.74) is 1.36. The molecule has 6 rings (SSSR count). The highest BCUT2D eigenvalue weighted by atomic mass is 16.2. The van der Waals surface area contributed by atoms with Gasteiger partial charge in [-0.2, -0.15) is 5.10 Å². The molecule has 0 radical (unpaired) electrons. The number of hydrogen-bond donors (Lipinski definition) is 0. The number of carbonyl (C=O) groups is 2. The maximum absolute atomic E-state index is 13.1. The minimum atomic E-state index is -0.0462. The Balaban J connectivity index is 1.31. The van der Waals surface area contributed by atoms with E-state index in [9.17, 15) is 9.59 Å². The molecule has 3 aliphatic rings. The van der Waals surface area contributed by atoms with Crippen molar-refractivity contribution in [2.75, 3.05) is 19.6 Å². The van der Waals surface area contributed by atoms with Gasteiger partial charge in [0.2, 0.25) is 5.91 Å². The predicted molar refractivity (Wildman–Crippen MR) is 108 cm³/mol. The first-order valence-corrected chi connectivity index (χ1v) is 10.1. The van der Waals surface area contributed by atoms with Crippen LogP contribution in [0.4, 0.5) is 0 Å². The smallest absolute Gasteiger partial charge is 0.272 e. The summed E-state index contributed by atoms with van der Waals surface area (Å²) in [5, 5.41) is 5.54. The molecular weight excluding hydrogens is 366 g/mol. The van der Waals surface area contributed by atoms with Crippen molar-refractivity contribution in [3.8, 4) is 0 Å². The van der Waals surface area contributed by atoms with Crippen LogP contribution in [0.15, 0.2) is 54.9 Å². The van der Waals surface area contributed by atoms with E-state index in [2.05, 4.69) is 10.1 Å². The molecule has 0 aliphatic carbocycles. The first-order valence-electron chi connectivity index (χ1n) is 10.1. The molecule has 7 nitrogen and oxygen atoms in total. The van der Waals surface area contributed by atoms with Gasteiger partial charge < -0.3 is 9.80 Å². The van der Waals surface area contributed by atoms with Crippen LogP contribution in [0.2, 0.25) is 0 Å². The van der Waals surface area contributed by atoms with Crippen LogP contribution in [0.3, 0.4) is 0 Å². The third-order valence-corrected chi connectivity index (χ3v) is 5.96. The first-order chi connectivity index (χ1) is 14.2. The number of nitrogens with zero attached hydrogens (tertiary/aromatic N) is 5. The topological polar surface area (TPSA) is 71.3 Å². The lowest BCUT2D eigenvalue weighted by molar-refractivity contribution is -0.136. The van der Waals surface area contributed by atoms with Crippen molar-refractivity contribution < 1.29 is 9.59 Å². The van der Waals surface area contributed by atoms with Gasteiger partial charge in [-0.3, -0.25) is 19.3 Å². The normalized spacial score (nSPS) is 21.4. The molecule has 3 fully saturated rings. The fourth-order valence-electron chi connectivity index (χ4n) is 4.53. The molecule has 0 unspecified atom stereocenters. The highest BCUT2D eigenvalue weighted by Crippen LogP contribution is 2.29. The number of aromatic nitrogens is 3. The van der Waals surface area contributed by atoms with Crippen LogP contribution in [-0.2, 0) is 11.3 Å². The van der Waals surface area contributed by atoms with E-state index < -0.39 is 0 Å². The minimum absolute atomic E-state index is 0.0462. The molecule has 2 atom stereocenters. The molecule has 2 aromatic heterocycles. The van der Waals surface area contributed by atoms with Gasteiger partial charge in [-0.1, -0.05) is 24.3 Å². The summed E-state index contributed by atoms with van der Waals surface area (Å²) in [6.45, 7) is 2.18. The first kappa shape index (κ1) is 17.8. The van der Waals surface area contributed by atoms with Gasteiger partial charge in [0.1, 0.15) is 12.2 Å². The van der Waals surface area contributed by atoms with Crippen LogP contribution in [0.1, 0.15) is 23.3 Å². The Morgan fingerprint density at radius 1 is 1.00 bits per heavy atom. The molecule has 148 valence electrons. The van der Waals surface area contributed by atoms with E-state index in [1.165, 1.54) is 0 Å². The zero-order valence-corrected chi connectivity index (χ0v) is 16.1.